The van der Waals surface area contributed by atoms with E-state index in [4.69, 9.17) is 14.5 Å². The van der Waals surface area contributed by atoms with Gasteiger partial charge in [-0.05, 0) is 65.2 Å². The van der Waals surface area contributed by atoms with E-state index in [1.807, 2.05) is 45.1 Å². The average Bonchev–Trinajstić information content (AvgIpc) is 3.05. The van der Waals surface area contributed by atoms with Crippen LogP contribution < -0.4 is 10.1 Å². The van der Waals surface area contributed by atoms with Crippen LogP contribution in [0.3, 0.4) is 0 Å². The minimum absolute atomic E-state index is 0.144. The Balaban J connectivity index is 1.68. The second-order valence-corrected chi connectivity index (χ2v) is 8.53. The number of anilines is 1. The Bertz CT molecular complexity index is 1050. The zero-order chi connectivity index (χ0) is 21.9. The normalized spacial score (nSPS) is 11.8. The van der Waals surface area contributed by atoms with E-state index in [9.17, 15) is 4.79 Å². The van der Waals surface area contributed by atoms with Crippen LogP contribution >= 0.6 is 0 Å². The molecule has 0 unspecified atom stereocenters. The lowest BCUT2D eigenvalue weighted by atomic mass is 10.1. The van der Waals surface area contributed by atoms with E-state index in [2.05, 4.69) is 21.6 Å². The van der Waals surface area contributed by atoms with Crippen molar-refractivity contribution < 1.29 is 14.3 Å². The number of aryl methyl sites for hydroxylation is 2. The molecule has 30 heavy (non-hydrogen) atoms. The molecule has 1 aromatic carbocycles. The van der Waals surface area contributed by atoms with E-state index in [0.717, 1.165) is 54.0 Å². The van der Waals surface area contributed by atoms with Crippen LogP contribution in [-0.4, -0.2) is 44.8 Å². The van der Waals surface area contributed by atoms with Gasteiger partial charge in [-0.25, -0.2) is 4.98 Å². The summed E-state index contributed by atoms with van der Waals surface area (Å²) in [6.45, 7) is 10.3. The van der Waals surface area contributed by atoms with Gasteiger partial charge in [0.2, 0.25) is 5.65 Å². The van der Waals surface area contributed by atoms with E-state index in [-0.39, 0.29) is 5.97 Å². The van der Waals surface area contributed by atoms with Crippen LogP contribution in [0.15, 0.2) is 12.1 Å². The van der Waals surface area contributed by atoms with E-state index >= 15 is 0 Å². The Hall–Kier alpha value is -2.90. The van der Waals surface area contributed by atoms with Crippen molar-refractivity contribution in [3.63, 3.8) is 0 Å². The number of benzene rings is 1. The molecule has 0 atom stereocenters. The number of hydrogen-bond acceptors (Lipinski definition) is 7. The molecule has 8 heteroatoms. The number of rotatable bonds is 8. The predicted molar refractivity (Wildman–Crippen MR) is 117 cm³/mol. The van der Waals surface area contributed by atoms with Gasteiger partial charge in [0.05, 0.1) is 12.6 Å². The molecule has 0 spiro atoms. The minimum atomic E-state index is -0.429. The van der Waals surface area contributed by atoms with Crippen molar-refractivity contribution in [2.45, 2.75) is 65.9 Å². The highest BCUT2D eigenvalue weighted by Crippen LogP contribution is 2.29. The molecule has 2 heterocycles. The van der Waals surface area contributed by atoms with E-state index in [1.165, 1.54) is 0 Å². The first kappa shape index (κ1) is 21.8. The summed E-state index contributed by atoms with van der Waals surface area (Å²) in [5.74, 6) is 2.05. The van der Waals surface area contributed by atoms with Gasteiger partial charge in [0.15, 0.2) is 5.82 Å². The van der Waals surface area contributed by atoms with Gasteiger partial charge in [-0.1, -0.05) is 6.42 Å². The third kappa shape index (κ3) is 4.98. The molecule has 3 aromatic rings. The molecular formula is C22H31N5O3. The van der Waals surface area contributed by atoms with Crippen LogP contribution in [0.5, 0.6) is 5.75 Å². The number of esters is 1. The predicted octanol–water partition coefficient (Wildman–Crippen LogP) is 4.22. The number of carbonyl (C=O) groups is 1. The summed E-state index contributed by atoms with van der Waals surface area (Å²) in [6, 6.07) is 4.04. The standard InChI is InChI=1S/C22H31N5O3/c1-14-12-16-19(17(13-14)29-6)24-20(21-26-25-15(2)27(16)21)23-11-9-7-8-10-18(28)30-22(3,4)5/h12-13H,7-11H2,1-6H3,(H,23,24). The van der Waals surface area contributed by atoms with Gasteiger partial charge in [0.25, 0.3) is 0 Å². The molecule has 0 aliphatic heterocycles. The van der Waals surface area contributed by atoms with Crippen LogP contribution in [0, 0.1) is 13.8 Å². The van der Waals surface area contributed by atoms with Gasteiger partial charge in [0.1, 0.15) is 22.7 Å². The van der Waals surface area contributed by atoms with Crippen molar-refractivity contribution >= 4 is 28.5 Å². The summed E-state index contributed by atoms with van der Waals surface area (Å²) in [6.07, 6.45) is 3.07. The molecule has 8 nitrogen and oxygen atoms in total. The summed E-state index contributed by atoms with van der Waals surface area (Å²) in [5.41, 5.74) is 3.04. The number of aromatic nitrogens is 4. The maximum atomic E-state index is 11.8. The van der Waals surface area contributed by atoms with Crippen molar-refractivity contribution in [2.24, 2.45) is 0 Å². The number of fused-ring (bicyclic) bond motifs is 3. The summed E-state index contributed by atoms with van der Waals surface area (Å²) in [5, 5.41) is 11.9. The van der Waals surface area contributed by atoms with Gasteiger partial charge in [0, 0.05) is 13.0 Å². The van der Waals surface area contributed by atoms with Crippen molar-refractivity contribution in [1.29, 1.82) is 0 Å². The lowest BCUT2D eigenvalue weighted by molar-refractivity contribution is -0.154. The monoisotopic (exact) mass is 413 g/mol. The molecule has 0 amide bonds. The average molecular weight is 414 g/mol. The molecule has 162 valence electrons. The van der Waals surface area contributed by atoms with Gasteiger partial charge in [-0.2, -0.15) is 0 Å². The van der Waals surface area contributed by atoms with E-state index in [0.29, 0.717) is 17.9 Å². The van der Waals surface area contributed by atoms with Crippen LogP contribution in [0.25, 0.3) is 16.7 Å². The molecule has 0 saturated heterocycles. The lowest BCUT2D eigenvalue weighted by Gasteiger charge is -2.19. The smallest absolute Gasteiger partial charge is 0.306 e. The second-order valence-electron chi connectivity index (χ2n) is 8.53. The molecule has 0 fully saturated rings. The highest BCUT2D eigenvalue weighted by molar-refractivity contribution is 5.88. The molecule has 0 saturated carbocycles. The molecule has 3 rings (SSSR count). The molecule has 0 aliphatic rings. The molecule has 0 aliphatic carbocycles. The zero-order valence-corrected chi connectivity index (χ0v) is 18.7. The van der Waals surface area contributed by atoms with Crippen LogP contribution in [0.2, 0.25) is 0 Å². The Morgan fingerprint density at radius 3 is 2.60 bits per heavy atom. The Morgan fingerprint density at radius 1 is 1.13 bits per heavy atom. The first-order valence-corrected chi connectivity index (χ1v) is 10.4. The summed E-state index contributed by atoms with van der Waals surface area (Å²) in [7, 11) is 1.65. The van der Waals surface area contributed by atoms with Gasteiger partial charge >= 0.3 is 5.97 Å². The highest BCUT2D eigenvalue weighted by atomic mass is 16.6. The van der Waals surface area contributed by atoms with Crippen LogP contribution in [0.4, 0.5) is 5.82 Å². The minimum Gasteiger partial charge on any atom is -0.494 e. The summed E-state index contributed by atoms with van der Waals surface area (Å²) in [4.78, 5) is 16.6. The first-order chi connectivity index (χ1) is 14.2. The molecular weight excluding hydrogens is 382 g/mol. The van der Waals surface area contributed by atoms with E-state index < -0.39 is 5.60 Å². The zero-order valence-electron chi connectivity index (χ0n) is 18.7. The molecule has 1 N–H and O–H groups in total. The van der Waals surface area contributed by atoms with Crippen LogP contribution in [0.1, 0.15) is 57.8 Å². The Kier molecular flexibility index (Phi) is 6.43. The molecule has 2 aromatic heterocycles. The van der Waals surface area contributed by atoms with Gasteiger partial charge in [-0.3, -0.25) is 9.20 Å². The number of methoxy groups -OCH3 is 1. The molecule has 0 radical (unpaired) electrons. The first-order valence-electron chi connectivity index (χ1n) is 10.4. The number of nitrogens with zero attached hydrogens (tertiary/aromatic N) is 4. The largest absolute Gasteiger partial charge is 0.494 e. The summed E-state index contributed by atoms with van der Waals surface area (Å²) >= 11 is 0. The number of hydrogen-bond donors (Lipinski definition) is 1. The van der Waals surface area contributed by atoms with Crippen molar-refractivity contribution in [3.8, 4) is 5.75 Å². The molecule has 0 bridgehead atoms. The van der Waals surface area contributed by atoms with E-state index in [1.54, 1.807) is 7.11 Å². The lowest BCUT2D eigenvalue weighted by Crippen LogP contribution is -2.23. The maximum absolute atomic E-state index is 11.8. The number of ether oxygens (including phenoxy) is 2. The fourth-order valence-corrected chi connectivity index (χ4v) is 3.42. The number of carbonyl (C=O) groups excluding carboxylic acids is 1. The third-order valence-electron chi connectivity index (χ3n) is 4.69. The van der Waals surface area contributed by atoms with Crippen molar-refractivity contribution in [1.82, 2.24) is 19.6 Å². The fraction of sp³-hybridized carbons (Fsp3) is 0.545. The van der Waals surface area contributed by atoms with Crippen molar-refractivity contribution in [2.75, 3.05) is 19.0 Å². The quantitative estimate of drug-likeness (QED) is 0.437. The second kappa shape index (κ2) is 8.85. The Morgan fingerprint density at radius 2 is 1.90 bits per heavy atom. The number of nitrogens with one attached hydrogen (secondary N) is 1. The Labute approximate surface area is 177 Å². The number of unbranched alkanes of at least 4 members (excludes halogenated alkanes) is 2. The highest BCUT2D eigenvalue weighted by Gasteiger charge is 2.17. The van der Waals surface area contributed by atoms with Crippen LogP contribution in [-0.2, 0) is 9.53 Å². The van der Waals surface area contributed by atoms with Gasteiger partial charge in [-0.15, -0.1) is 10.2 Å². The maximum Gasteiger partial charge on any atom is 0.306 e. The summed E-state index contributed by atoms with van der Waals surface area (Å²) < 4.78 is 12.9. The topological polar surface area (TPSA) is 90.6 Å². The third-order valence-corrected chi connectivity index (χ3v) is 4.69. The SMILES string of the molecule is COc1cc(C)cc2c1nc(NCCCCCC(=O)OC(C)(C)C)c1nnc(C)n12. The van der Waals surface area contributed by atoms with Gasteiger partial charge < -0.3 is 14.8 Å². The fourth-order valence-electron chi connectivity index (χ4n) is 3.42. The van der Waals surface area contributed by atoms with Crippen molar-refractivity contribution in [3.05, 3.63) is 23.5 Å².